The van der Waals surface area contributed by atoms with E-state index in [4.69, 9.17) is 33.0 Å². The topological polar surface area (TPSA) is 122 Å². The molecule has 0 aliphatic heterocycles. The molecule has 12 heteroatoms. The van der Waals surface area contributed by atoms with Gasteiger partial charge in [0.2, 0.25) is 0 Å². The molecule has 0 aliphatic rings. The van der Waals surface area contributed by atoms with Crippen molar-refractivity contribution in [1.29, 1.82) is 0 Å². The maximum atomic E-state index is 12.1. The second-order valence-electron chi connectivity index (χ2n) is 7.35. The molecule has 0 bridgehead atoms. The quantitative estimate of drug-likeness (QED) is 0.302. The molecule has 3 aromatic heterocycles. The summed E-state index contributed by atoms with van der Waals surface area (Å²) in [5.41, 5.74) is 2.13. The Labute approximate surface area is 215 Å². The van der Waals surface area contributed by atoms with Crippen LogP contribution in [0.3, 0.4) is 0 Å². The maximum absolute atomic E-state index is 12.1. The van der Waals surface area contributed by atoms with E-state index >= 15 is 0 Å². The van der Waals surface area contributed by atoms with E-state index < -0.39 is 12.1 Å². The molecule has 35 heavy (non-hydrogen) atoms. The van der Waals surface area contributed by atoms with Crippen molar-refractivity contribution in [2.24, 2.45) is 0 Å². The molecule has 180 valence electrons. The number of nitrogens with one attached hydrogen (secondary N) is 2. The fraction of sp³-hybridized carbons (Fsp3) is 0.174. The number of carbonyl (C=O) groups is 1. The van der Waals surface area contributed by atoms with Gasteiger partial charge in [-0.3, -0.25) is 10.3 Å². The van der Waals surface area contributed by atoms with Gasteiger partial charge in [0.1, 0.15) is 11.4 Å². The van der Waals surface area contributed by atoms with Crippen LogP contribution in [-0.2, 0) is 0 Å². The number of hydrogen-bond acceptors (Lipinski definition) is 8. The Kier molecular flexibility index (Phi) is 7.76. The van der Waals surface area contributed by atoms with Crippen LogP contribution in [-0.4, -0.2) is 50.8 Å². The lowest BCUT2D eigenvalue weighted by Crippen LogP contribution is -2.38. The van der Waals surface area contributed by atoms with Crippen LogP contribution in [0.15, 0.2) is 48.8 Å². The predicted molar refractivity (Wildman–Crippen MR) is 137 cm³/mol. The molecule has 3 heterocycles. The summed E-state index contributed by atoms with van der Waals surface area (Å²) in [6, 6.07) is 9.64. The van der Waals surface area contributed by atoms with Gasteiger partial charge in [-0.25, -0.2) is 19.7 Å². The summed E-state index contributed by atoms with van der Waals surface area (Å²) in [5, 5.41) is 15.5. The van der Waals surface area contributed by atoms with Crippen LogP contribution in [0.4, 0.5) is 9.93 Å². The third kappa shape index (κ3) is 5.85. The number of methoxy groups -OCH3 is 1. The van der Waals surface area contributed by atoms with Gasteiger partial charge in [-0.2, -0.15) is 0 Å². The average Bonchev–Trinajstić information content (AvgIpc) is 3.32. The van der Waals surface area contributed by atoms with E-state index in [1.807, 2.05) is 6.07 Å². The molecule has 3 N–H and O–H groups in total. The maximum Gasteiger partial charge on any atom is 0.321 e. The molecule has 0 aliphatic carbocycles. The van der Waals surface area contributed by atoms with Gasteiger partial charge >= 0.3 is 6.03 Å². The Hall–Kier alpha value is -3.31. The molecule has 1 atom stereocenters. The van der Waals surface area contributed by atoms with Crippen molar-refractivity contribution in [3.63, 3.8) is 0 Å². The summed E-state index contributed by atoms with van der Waals surface area (Å²) in [5.74, 6) is 0.897. The monoisotopic (exact) mass is 530 g/mol. The van der Waals surface area contributed by atoms with E-state index in [1.54, 1.807) is 49.6 Å². The molecule has 2 amide bonds. The molecule has 0 saturated carbocycles. The van der Waals surface area contributed by atoms with E-state index in [0.29, 0.717) is 54.3 Å². The Bertz CT molecular complexity index is 1330. The molecular weight excluding hydrogens is 511 g/mol. The Morgan fingerprint density at radius 2 is 1.86 bits per heavy atom. The minimum Gasteiger partial charge on any atom is -0.497 e. The zero-order chi connectivity index (χ0) is 24.9. The zero-order valence-corrected chi connectivity index (χ0v) is 20.9. The summed E-state index contributed by atoms with van der Waals surface area (Å²) in [4.78, 5) is 30.7. The van der Waals surface area contributed by atoms with E-state index in [9.17, 15) is 4.79 Å². The first-order valence-corrected chi connectivity index (χ1v) is 11.9. The van der Waals surface area contributed by atoms with Crippen LogP contribution >= 0.6 is 34.5 Å². The first kappa shape index (κ1) is 24.8. The molecule has 1 aromatic carbocycles. The number of thiazole rings is 1. The number of carbonyl (C=O) groups excluding carboxylic acids is 1. The zero-order valence-electron chi connectivity index (χ0n) is 18.6. The summed E-state index contributed by atoms with van der Waals surface area (Å²) in [6.07, 6.45) is 3.25. The van der Waals surface area contributed by atoms with E-state index in [-0.39, 0.29) is 6.61 Å². The summed E-state index contributed by atoms with van der Waals surface area (Å²) >= 11 is 14.3. The smallest absolute Gasteiger partial charge is 0.321 e. The van der Waals surface area contributed by atoms with E-state index in [0.717, 1.165) is 0 Å². The number of nitrogens with zero attached hydrogens (tertiary/aromatic N) is 4. The molecule has 4 rings (SSSR count). The number of hydrogen-bond donors (Lipinski definition) is 3. The van der Waals surface area contributed by atoms with Gasteiger partial charge in [0.25, 0.3) is 0 Å². The van der Waals surface area contributed by atoms with Crippen LogP contribution in [0.1, 0.15) is 6.92 Å². The molecule has 0 saturated heterocycles. The molecule has 4 aromatic rings. The number of aliphatic hydroxyl groups excluding tert-OH is 1. The van der Waals surface area contributed by atoms with Crippen molar-refractivity contribution in [2.45, 2.75) is 13.0 Å². The highest BCUT2D eigenvalue weighted by molar-refractivity contribution is 7.19. The number of benzene rings is 1. The average molecular weight is 531 g/mol. The van der Waals surface area contributed by atoms with Crippen molar-refractivity contribution in [3.8, 4) is 39.1 Å². The lowest BCUT2D eigenvalue weighted by molar-refractivity contribution is 0.229. The lowest BCUT2D eigenvalue weighted by atomic mass is 10.1. The summed E-state index contributed by atoms with van der Waals surface area (Å²) in [6.45, 7) is 1.51. The minimum absolute atomic E-state index is 0.174. The van der Waals surface area contributed by atoms with Crippen molar-refractivity contribution < 1.29 is 14.6 Å². The number of pyridine rings is 1. The van der Waals surface area contributed by atoms with Crippen LogP contribution in [0.25, 0.3) is 33.3 Å². The van der Waals surface area contributed by atoms with Gasteiger partial charge < -0.3 is 15.2 Å². The number of urea groups is 1. The van der Waals surface area contributed by atoms with Crippen LogP contribution in [0.2, 0.25) is 10.0 Å². The first-order valence-electron chi connectivity index (χ1n) is 10.4. The highest BCUT2D eigenvalue weighted by Gasteiger charge is 2.18. The highest BCUT2D eigenvalue weighted by atomic mass is 35.5. The number of halogens is 2. The van der Waals surface area contributed by atoms with Gasteiger partial charge in [0, 0.05) is 18.0 Å². The van der Waals surface area contributed by atoms with Crippen molar-refractivity contribution in [2.75, 3.05) is 19.0 Å². The first-order chi connectivity index (χ1) is 16.9. The van der Waals surface area contributed by atoms with Crippen LogP contribution in [0.5, 0.6) is 5.75 Å². The third-order valence-electron chi connectivity index (χ3n) is 4.76. The molecule has 0 radical (unpaired) electrons. The second-order valence-corrected chi connectivity index (χ2v) is 9.20. The Morgan fingerprint density at radius 1 is 1.11 bits per heavy atom. The molecule has 9 nitrogen and oxygen atoms in total. The van der Waals surface area contributed by atoms with Gasteiger partial charge in [-0.1, -0.05) is 40.6 Å². The van der Waals surface area contributed by atoms with Crippen molar-refractivity contribution in [1.82, 2.24) is 25.3 Å². The molecular formula is C23H20Cl2N6O3S. The second kappa shape index (κ2) is 11.0. The van der Waals surface area contributed by atoms with Gasteiger partial charge in [0.15, 0.2) is 11.0 Å². The largest absolute Gasteiger partial charge is 0.497 e. The molecule has 0 unspecified atom stereocenters. The predicted octanol–water partition coefficient (Wildman–Crippen LogP) is 5.15. The van der Waals surface area contributed by atoms with Crippen molar-refractivity contribution >= 4 is 45.7 Å². The standard InChI is InChI=1S/C23H20Cl2N6O3S/c1-12(11-32)28-22(33)31-23-27-10-19(35-23)17-9-18(20-14(24)7-13(34-2)8-15(20)25)30-21(29-17)16-5-3-4-6-26-16/h3-10,12,32H,11H2,1-2H3,(H2,27,28,31,33)/t12-/m1/s1. The number of amides is 2. The van der Waals surface area contributed by atoms with Gasteiger partial charge in [0.05, 0.1) is 46.1 Å². The van der Waals surface area contributed by atoms with E-state index in [2.05, 4.69) is 30.6 Å². The normalized spacial score (nSPS) is 11.7. The van der Waals surface area contributed by atoms with E-state index in [1.165, 1.54) is 18.4 Å². The van der Waals surface area contributed by atoms with Crippen LogP contribution in [0, 0.1) is 0 Å². The minimum atomic E-state index is -0.471. The Balaban J connectivity index is 1.76. The SMILES string of the molecule is COc1cc(Cl)c(-c2cc(-c3cnc(NC(=O)N[C@H](C)CO)s3)nc(-c3ccccn3)n2)c(Cl)c1. The van der Waals surface area contributed by atoms with Gasteiger partial charge in [-0.05, 0) is 37.3 Å². The number of anilines is 1. The van der Waals surface area contributed by atoms with Crippen molar-refractivity contribution in [3.05, 3.63) is 58.8 Å². The lowest BCUT2D eigenvalue weighted by Gasteiger charge is -2.12. The number of aromatic nitrogens is 4. The fourth-order valence-corrected chi connectivity index (χ4v) is 4.51. The number of ether oxygens (including phenoxy) is 1. The summed E-state index contributed by atoms with van der Waals surface area (Å²) in [7, 11) is 1.53. The molecule has 0 spiro atoms. The highest BCUT2D eigenvalue weighted by Crippen LogP contribution is 2.39. The number of rotatable bonds is 7. The van der Waals surface area contributed by atoms with Gasteiger partial charge in [-0.15, -0.1) is 0 Å². The fourth-order valence-electron chi connectivity index (χ4n) is 3.08. The third-order valence-corrected chi connectivity index (χ3v) is 6.29. The summed E-state index contributed by atoms with van der Waals surface area (Å²) < 4.78 is 5.25. The Morgan fingerprint density at radius 3 is 2.51 bits per heavy atom. The number of aliphatic hydroxyl groups is 1. The van der Waals surface area contributed by atoms with Crippen LogP contribution < -0.4 is 15.4 Å². The molecule has 0 fully saturated rings.